The maximum Gasteiger partial charge on any atom is 0.146 e. The van der Waals surface area contributed by atoms with Crippen LogP contribution in [0.15, 0.2) is 24.3 Å². The molecule has 0 saturated heterocycles. The van der Waals surface area contributed by atoms with Crippen LogP contribution in [-0.2, 0) is 9.47 Å². The maximum atomic E-state index is 5.51. The van der Waals surface area contributed by atoms with E-state index in [9.17, 15) is 0 Å². The van der Waals surface area contributed by atoms with Crippen molar-refractivity contribution >= 4 is 0 Å². The van der Waals surface area contributed by atoms with Gasteiger partial charge in [-0.25, -0.2) is 0 Å². The average molecular weight is 338 g/mol. The Morgan fingerprint density at radius 3 is 2.25 bits per heavy atom. The third kappa shape index (κ3) is 13.8. The van der Waals surface area contributed by atoms with Crippen molar-refractivity contribution in [3.8, 4) is 0 Å². The quantitative estimate of drug-likeness (QED) is 0.152. The summed E-state index contributed by atoms with van der Waals surface area (Å²) in [5, 5.41) is 0. The number of rotatable bonds is 18. The largest absolute Gasteiger partial charge is 0.359 e. The third-order valence-electron chi connectivity index (χ3n) is 4.34. The summed E-state index contributed by atoms with van der Waals surface area (Å²) in [4.78, 5) is 0. The minimum Gasteiger partial charge on any atom is -0.359 e. The minimum absolute atomic E-state index is 0.383. The number of ether oxygens (including phenoxy) is 2. The van der Waals surface area contributed by atoms with Gasteiger partial charge in [-0.3, -0.25) is 0 Å². The predicted octanol–water partition coefficient (Wildman–Crippen LogP) is 7.01. The molecule has 141 valence electrons. The number of allylic oxidation sites excluding steroid dienone is 3. The van der Waals surface area contributed by atoms with Crippen molar-refractivity contribution < 1.29 is 9.47 Å². The first kappa shape index (κ1) is 23.4. The van der Waals surface area contributed by atoms with Gasteiger partial charge in [0.25, 0.3) is 0 Å². The van der Waals surface area contributed by atoms with Crippen LogP contribution in [-0.4, -0.2) is 20.5 Å². The van der Waals surface area contributed by atoms with Crippen LogP contribution in [0.3, 0.4) is 0 Å². The molecule has 0 aliphatic heterocycles. The zero-order valence-corrected chi connectivity index (χ0v) is 16.6. The molecule has 1 radical (unpaired) electrons. The second kappa shape index (κ2) is 18.7. The number of hydrogen-bond acceptors (Lipinski definition) is 2. The molecular weight excluding hydrogens is 296 g/mol. The van der Waals surface area contributed by atoms with Gasteiger partial charge in [0.05, 0.1) is 6.61 Å². The van der Waals surface area contributed by atoms with E-state index in [-0.39, 0.29) is 0 Å². The Balaban J connectivity index is 4.52. The zero-order chi connectivity index (χ0) is 17.9. The summed E-state index contributed by atoms with van der Waals surface area (Å²) >= 11 is 0. The highest BCUT2D eigenvalue weighted by atomic mass is 16.7. The maximum absolute atomic E-state index is 5.51. The number of methoxy groups -OCH3 is 1. The molecule has 0 aliphatic rings. The molecule has 0 atom stereocenters. The van der Waals surface area contributed by atoms with E-state index in [1.807, 2.05) is 6.08 Å². The van der Waals surface area contributed by atoms with Gasteiger partial charge in [-0.05, 0) is 38.5 Å². The normalized spacial score (nSPS) is 12.1. The molecule has 0 saturated carbocycles. The first-order valence-corrected chi connectivity index (χ1v) is 10.0. The van der Waals surface area contributed by atoms with Crippen molar-refractivity contribution in [1.82, 2.24) is 0 Å². The summed E-state index contributed by atoms with van der Waals surface area (Å²) in [5.41, 5.74) is 1.56. The van der Waals surface area contributed by atoms with Gasteiger partial charge in [0.2, 0.25) is 0 Å². The van der Waals surface area contributed by atoms with Crippen LogP contribution in [0.2, 0.25) is 0 Å². The van der Waals surface area contributed by atoms with E-state index in [1.165, 1.54) is 70.1 Å². The Labute approximate surface area is 151 Å². The first-order valence-electron chi connectivity index (χ1n) is 10.0. The van der Waals surface area contributed by atoms with Crippen LogP contribution in [0, 0.1) is 5.92 Å². The third-order valence-corrected chi connectivity index (χ3v) is 4.34. The van der Waals surface area contributed by atoms with Crippen LogP contribution in [0.4, 0.5) is 0 Å². The molecule has 0 N–H and O–H groups in total. The smallest absolute Gasteiger partial charge is 0.146 e. The van der Waals surface area contributed by atoms with Gasteiger partial charge in [0, 0.05) is 13.0 Å². The summed E-state index contributed by atoms with van der Waals surface area (Å²) in [6, 6.07) is 0. The fourth-order valence-corrected chi connectivity index (χ4v) is 2.92. The van der Waals surface area contributed by atoms with Crippen LogP contribution < -0.4 is 0 Å². The Bertz CT molecular complexity index is 296. The fraction of sp³-hybridized carbons (Fsp3) is 0.773. The van der Waals surface area contributed by atoms with Crippen LogP contribution in [0.5, 0.6) is 0 Å². The van der Waals surface area contributed by atoms with E-state index < -0.39 is 0 Å². The van der Waals surface area contributed by atoms with Crippen molar-refractivity contribution in [3.05, 3.63) is 30.2 Å². The molecule has 0 fully saturated rings. The Morgan fingerprint density at radius 2 is 1.62 bits per heavy atom. The van der Waals surface area contributed by atoms with E-state index in [1.54, 1.807) is 12.7 Å². The molecule has 0 aromatic rings. The molecule has 0 rings (SSSR count). The van der Waals surface area contributed by atoms with Gasteiger partial charge in [0.15, 0.2) is 0 Å². The van der Waals surface area contributed by atoms with Crippen LogP contribution >= 0.6 is 0 Å². The lowest BCUT2D eigenvalue weighted by Gasteiger charge is -2.19. The Kier molecular flexibility index (Phi) is 18.3. The van der Waals surface area contributed by atoms with Gasteiger partial charge >= 0.3 is 0 Å². The minimum atomic E-state index is 0.383. The van der Waals surface area contributed by atoms with Crippen molar-refractivity contribution in [2.75, 3.05) is 20.5 Å². The highest BCUT2D eigenvalue weighted by molar-refractivity contribution is 5.26. The number of unbranched alkanes of at least 4 members (excludes halogenated alkanes) is 7. The summed E-state index contributed by atoms with van der Waals surface area (Å²) in [5.74, 6) is 1.51. The molecule has 2 heteroatoms. The molecule has 0 aromatic carbocycles. The molecule has 0 aliphatic carbocycles. The van der Waals surface area contributed by atoms with Crippen molar-refractivity contribution in [2.45, 2.75) is 90.9 Å². The predicted molar refractivity (Wildman–Crippen MR) is 106 cm³/mol. The second-order valence-corrected chi connectivity index (χ2v) is 6.55. The molecule has 0 bridgehead atoms. The van der Waals surface area contributed by atoms with Gasteiger partial charge in [-0.2, -0.15) is 0 Å². The van der Waals surface area contributed by atoms with Gasteiger partial charge in [-0.15, -0.1) is 6.58 Å². The fourth-order valence-electron chi connectivity index (χ4n) is 2.92. The molecular formula is C22H41O2. The van der Waals surface area contributed by atoms with E-state index in [0.29, 0.717) is 6.79 Å². The molecule has 0 unspecified atom stereocenters. The lowest BCUT2D eigenvalue weighted by molar-refractivity contribution is -0.0301. The molecule has 0 aromatic heterocycles. The number of hydrogen-bond donors (Lipinski definition) is 0. The standard InChI is InChI=1S/C22H41O2/c1-5-8-10-12-14-17-22(16-13-11-9-6-2)21(15-7-3)18-19-24-20-23-4/h7,17H,3,5-6,8-16,18-20H2,1-2,4H3. The lowest BCUT2D eigenvalue weighted by Crippen LogP contribution is -2.08. The summed E-state index contributed by atoms with van der Waals surface area (Å²) < 4.78 is 10.5. The van der Waals surface area contributed by atoms with E-state index in [4.69, 9.17) is 9.47 Å². The van der Waals surface area contributed by atoms with Crippen LogP contribution in [0.25, 0.3) is 0 Å². The lowest BCUT2D eigenvalue weighted by atomic mass is 9.87. The van der Waals surface area contributed by atoms with Crippen molar-refractivity contribution in [3.63, 3.8) is 0 Å². The molecule has 0 heterocycles. The average Bonchev–Trinajstić information content (AvgIpc) is 2.59. The van der Waals surface area contributed by atoms with E-state index in [0.717, 1.165) is 19.4 Å². The Morgan fingerprint density at radius 1 is 0.917 bits per heavy atom. The van der Waals surface area contributed by atoms with E-state index >= 15 is 0 Å². The molecule has 0 amide bonds. The van der Waals surface area contributed by atoms with Crippen LogP contribution in [0.1, 0.15) is 90.9 Å². The molecule has 2 nitrogen and oxygen atoms in total. The van der Waals surface area contributed by atoms with Gasteiger partial charge in [-0.1, -0.05) is 70.1 Å². The zero-order valence-electron chi connectivity index (χ0n) is 16.6. The molecule has 24 heavy (non-hydrogen) atoms. The summed E-state index contributed by atoms with van der Waals surface area (Å²) in [6.07, 6.45) is 19.5. The highest BCUT2D eigenvalue weighted by Crippen LogP contribution is 2.28. The van der Waals surface area contributed by atoms with Crippen molar-refractivity contribution in [1.29, 1.82) is 0 Å². The second-order valence-electron chi connectivity index (χ2n) is 6.55. The first-order chi connectivity index (χ1) is 11.8. The van der Waals surface area contributed by atoms with Crippen molar-refractivity contribution in [2.24, 2.45) is 0 Å². The Hall–Kier alpha value is -0.600. The molecule has 0 spiro atoms. The van der Waals surface area contributed by atoms with Gasteiger partial charge in [0.1, 0.15) is 6.79 Å². The highest BCUT2D eigenvalue weighted by Gasteiger charge is 2.13. The SMILES string of the molecule is C=CC[C](CCOCOC)C(=CCCCCCC)CCCCCC. The monoisotopic (exact) mass is 337 g/mol. The van der Waals surface area contributed by atoms with Gasteiger partial charge < -0.3 is 9.47 Å². The summed E-state index contributed by atoms with van der Waals surface area (Å²) in [7, 11) is 1.67. The topological polar surface area (TPSA) is 18.5 Å². The summed E-state index contributed by atoms with van der Waals surface area (Å²) in [6.45, 7) is 9.60. The van der Waals surface area contributed by atoms with E-state index in [2.05, 4.69) is 26.5 Å².